The molecule has 33 heavy (non-hydrogen) atoms. The van der Waals surface area contributed by atoms with E-state index in [0.29, 0.717) is 24.7 Å². The van der Waals surface area contributed by atoms with Crippen LogP contribution in [0.1, 0.15) is 76.1 Å². The molecule has 4 rings (SSSR count). The van der Waals surface area contributed by atoms with E-state index in [2.05, 4.69) is 42.0 Å². The lowest BCUT2D eigenvalue weighted by Gasteiger charge is -2.33. The third-order valence-electron chi connectivity index (χ3n) is 6.27. The zero-order valence-electron chi connectivity index (χ0n) is 20.5. The molecule has 0 radical (unpaired) electrons. The number of hydrogen-bond donors (Lipinski definition) is 1. The minimum atomic E-state index is -0.478. The molecule has 3 aromatic rings. The van der Waals surface area contributed by atoms with E-state index in [1.54, 1.807) is 0 Å². The maximum Gasteiger partial charge on any atom is 0.410 e. The molecule has 0 atom stereocenters. The number of carbonyl (C=O) groups is 1. The molecule has 1 N–H and O–H groups in total. The number of likely N-dealkylation sites (tertiary alicyclic amines) is 1. The maximum atomic E-state index is 14.0. The summed E-state index contributed by atoms with van der Waals surface area (Å²) < 4.78 is 19.6. The number of aromatic amines is 1. The molecule has 0 unspecified atom stereocenters. The number of halogens is 1. The number of H-pyrrole nitrogens is 1. The maximum absolute atomic E-state index is 14.0. The van der Waals surface area contributed by atoms with Crippen LogP contribution in [-0.2, 0) is 4.74 Å². The van der Waals surface area contributed by atoms with Crippen LogP contribution < -0.4 is 0 Å². The van der Waals surface area contributed by atoms with Crippen molar-refractivity contribution in [1.82, 2.24) is 14.9 Å². The fraction of sp³-hybridized carbons (Fsp3) is 0.481. The van der Waals surface area contributed by atoms with Crippen LogP contribution in [0.5, 0.6) is 0 Å². The number of nitrogens with one attached hydrogen (secondary N) is 1. The standard InChI is InChI=1S/C27H34FN3O2/c1-16(2)24-21-14-19(18-9-11-31(12-10-18)26(32)33-27(4,5)6)7-8-22(21)30-25(24)20-13-17(3)29-23(28)15-20/h7-8,13-16,18,30H,9-12H2,1-6H3. The van der Waals surface area contributed by atoms with E-state index in [9.17, 15) is 9.18 Å². The summed E-state index contributed by atoms with van der Waals surface area (Å²) in [6, 6.07) is 10.0. The molecule has 1 fully saturated rings. The molecule has 1 aromatic carbocycles. The molecule has 1 aliphatic heterocycles. The quantitative estimate of drug-likeness (QED) is 0.440. The first-order chi connectivity index (χ1) is 15.5. The van der Waals surface area contributed by atoms with Gasteiger partial charge in [-0.15, -0.1) is 0 Å². The van der Waals surface area contributed by atoms with E-state index in [-0.39, 0.29) is 12.0 Å². The van der Waals surface area contributed by atoms with Gasteiger partial charge in [-0.25, -0.2) is 9.78 Å². The number of ether oxygens (including phenoxy) is 1. The summed E-state index contributed by atoms with van der Waals surface area (Å²) in [4.78, 5) is 21.6. The first-order valence-electron chi connectivity index (χ1n) is 11.8. The molecule has 1 saturated heterocycles. The average Bonchev–Trinajstić information content (AvgIpc) is 3.11. The summed E-state index contributed by atoms with van der Waals surface area (Å²) >= 11 is 0. The highest BCUT2D eigenvalue weighted by Crippen LogP contribution is 2.38. The molecule has 0 spiro atoms. The van der Waals surface area contributed by atoms with Crippen molar-refractivity contribution in [2.45, 2.75) is 71.8 Å². The molecule has 1 amide bonds. The van der Waals surface area contributed by atoms with Crippen molar-refractivity contribution in [3.05, 3.63) is 53.1 Å². The molecule has 6 heteroatoms. The van der Waals surface area contributed by atoms with Gasteiger partial charge in [0.1, 0.15) is 5.60 Å². The van der Waals surface area contributed by atoms with E-state index < -0.39 is 11.5 Å². The highest BCUT2D eigenvalue weighted by atomic mass is 19.1. The van der Waals surface area contributed by atoms with Crippen LogP contribution in [0.2, 0.25) is 0 Å². The number of hydrogen-bond acceptors (Lipinski definition) is 3. The van der Waals surface area contributed by atoms with Gasteiger partial charge in [0.2, 0.25) is 5.95 Å². The van der Waals surface area contributed by atoms with Crippen LogP contribution in [0.15, 0.2) is 30.3 Å². The number of amides is 1. The van der Waals surface area contributed by atoms with Gasteiger partial charge in [0, 0.05) is 41.3 Å². The van der Waals surface area contributed by atoms with Gasteiger partial charge in [0.05, 0.1) is 5.69 Å². The Morgan fingerprint density at radius 3 is 2.48 bits per heavy atom. The molecule has 1 aliphatic rings. The van der Waals surface area contributed by atoms with Gasteiger partial charge in [-0.3, -0.25) is 0 Å². The van der Waals surface area contributed by atoms with E-state index in [1.807, 2.05) is 38.7 Å². The number of fused-ring (bicyclic) bond motifs is 1. The van der Waals surface area contributed by atoms with Gasteiger partial charge < -0.3 is 14.6 Å². The van der Waals surface area contributed by atoms with Gasteiger partial charge >= 0.3 is 6.09 Å². The predicted molar refractivity (Wildman–Crippen MR) is 130 cm³/mol. The number of rotatable bonds is 3. The minimum Gasteiger partial charge on any atom is -0.444 e. The fourth-order valence-corrected chi connectivity index (χ4v) is 4.81. The van der Waals surface area contributed by atoms with Crippen molar-refractivity contribution < 1.29 is 13.9 Å². The summed E-state index contributed by atoms with van der Waals surface area (Å²) in [7, 11) is 0. The number of aryl methyl sites for hydroxylation is 1. The Kier molecular flexibility index (Phi) is 6.21. The largest absolute Gasteiger partial charge is 0.444 e. The average molecular weight is 452 g/mol. The van der Waals surface area contributed by atoms with Crippen LogP contribution in [0.3, 0.4) is 0 Å². The van der Waals surface area contributed by atoms with Gasteiger partial charge in [0.15, 0.2) is 0 Å². The SMILES string of the molecule is Cc1cc(-c2[nH]c3ccc(C4CCN(C(=O)OC(C)(C)C)CC4)cc3c2C(C)C)cc(F)n1. The topological polar surface area (TPSA) is 58.2 Å². The van der Waals surface area contributed by atoms with Crippen molar-refractivity contribution in [2.75, 3.05) is 13.1 Å². The molecule has 0 aliphatic carbocycles. The predicted octanol–water partition coefficient (Wildman–Crippen LogP) is 6.92. The molecule has 0 bridgehead atoms. The highest BCUT2D eigenvalue weighted by Gasteiger charge is 2.28. The van der Waals surface area contributed by atoms with Crippen LogP contribution >= 0.6 is 0 Å². The van der Waals surface area contributed by atoms with E-state index >= 15 is 0 Å². The molecule has 0 saturated carbocycles. The zero-order valence-corrected chi connectivity index (χ0v) is 20.5. The first kappa shape index (κ1) is 23.3. The summed E-state index contributed by atoms with van der Waals surface area (Å²) in [5.41, 5.74) is 5.51. The van der Waals surface area contributed by atoms with Crippen LogP contribution in [0.25, 0.3) is 22.2 Å². The lowest BCUT2D eigenvalue weighted by Crippen LogP contribution is -2.41. The second kappa shape index (κ2) is 8.81. The molecule has 3 heterocycles. The number of aromatic nitrogens is 2. The Morgan fingerprint density at radius 2 is 1.88 bits per heavy atom. The Bertz CT molecular complexity index is 1150. The Hall–Kier alpha value is -2.89. The lowest BCUT2D eigenvalue weighted by molar-refractivity contribution is 0.0205. The van der Waals surface area contributed by atoms with E-state index in [0.717, 1.165) is 29.6 Å². The van der Waals surface area contributed by atoms with Crippen molar-refractivity contribution >= 4 is 17.0 Å². The minimum absolute atomic E-state index is 0.228. The Balaban J connectivity index is 1.61. The zero-order chi connectivity index (χ0) is 23.9. The van der Waals surface area contributed by atoms with Crippen molar-refractivity contribution in [3.8, 4) is 11.3 Å². The summed E-state index contributed by atoms with van der Waals surface area (Å²) in [5.74, 6) is 0.206. The molecular formula is C27H34FN3O2. The van der Waals surface area contributed by atoms with Gasteiger partial charge in [-0.1, -0.05) is 19.9 Å². The summed E-state index contributed by atoms with van der Waals surface area (Å²) in [6.07, 6.45) is 1.59. The van der Waals surface area contributed by atoms with Gasteiger partial charge in [-0.05, 0) is 81.7 Å². The molecular weight excluding hydrogens is 417 g/mol. The lowest BCUT2D eigenvalue weighted by atomic mass is 9.87. The third-order valence-corrected chi connectivity index (χ3v) is 6.27. The Morgan fingerprint density at radius 1 is 1.18 bits per heavy atom. The normalized spacial score (nSPS) is 15.5. The number of carbonyl (C=O) groups excluding carboxylic acids is 1. The number of benzene rings is 1. The molecule has 176 valence electrons. The highest BCUT2D eigenvalue weighted by molar-refractivity contribution is 5.92. The Labute approximate surface area is 195 Å². The molecule has 5 nitrogen and oxygen atoms in total. The van der Waals surface area contributed by atoms with Crippen LogP contribution in [0.4, 0.5) is 9.18 Å². The second-order valence-electron chi connectivity index (χ2n) is 10.4. The monoisotopic (exact) mass is 451 g/mol. The van der Waals surface area contributed by atoms with E-state index in [1.165, 1.54) is 22.6 Å². The van der Waals surface area contributed by atoms with Crippen molar-refractivity contribution in [1.29, 1.82) is 0 Å². The number of piperidine rings is 1. The fourth-order valence-electron chi connectivity index (χ4n) is 4.81. The van der Waals surface area contributed by atoms with E-state index in [4.69, 9.17) is 4.74 Å². The number of nitrogens with zero attached hydrogens (tertiary/aromatic N) is 2. The van der Waals surface area contributed by atoms with Crippen molar-refractivity contribution in [2.24, 2.45) is 0 Å². The molecule has 2 aromatic heterocycles. The van der Waals surface area contributed by atoms with Crippen LogP contribution in [-0.4, -0.2) is 39.7 Å². The van der Waals surface area contributed by atoms with Gasteiger partial charge in [-0.2, -0.15) is 4.39 Å². The second-order valence-corrected chi connectivity index (χ2v) is 10.4. The van der Waals surface area contributed by atoms with Crippen molar-refractivity contribution in [3.63, 3.8) is 0 Å². The smallest absolute Gasteiger partial charge is 0.410 e. The van der Waals surface area contributed by atoms with Crippen LogP contribution in [0, 0.1) is 12.9 Å². The first-order valence-corrected chi connectivity index (χ1v) is 11.8. The summed E-state index contributed by atoms with van der Waals surface area (Å²) in [5, 5.41) is 1.18. The number of pyridine rings is 1. The van der Waals surface area contributed by atoms with Gasteiger partial charge in [0.25, 0.3) is 0 Å². The summed E-state index contributed by atoms with van der Waals surface area (Å²) in [6.45, 7) is 13.2. The third kappa shape index (κ3) is 5.05.